The van der Waals surface area contributed by atoms with E-state index in [0.29, 0.717) is 22.9 Å². The van der Waals surface area contributed by atoms with Crippen molar-refractivity contribution in [2.24, 2.45) is 0 Å². The lowest BCUT2D eigenvalue weighted by molar-refractivity contribution is 0.185. The summed E-state index contributed by atoms with van der Waals surface area (Å²) in [5.74, 6) is 0.963. The maximum atomic E-state index is 5.16. The van der Waals surface area contributed by atoms with Crippen molar-refractivity contribution in [1.29, 1.82) is 0 Å². The van der Waals surface area contributed by atoms with E-state index in [1.165, 1.54) is 0 Å². The second-order valence-electron chi connectivity index (χ2n) is 3.77. The molecule has 0 saturated carbocycles. The third-order valence-electron chi connectivity index (χ3n) is 2.47. The molecule has 0 radical (unpaired) electrons. The number of methoxy groups -OCH3 is 2. The van der Waals surface area contributed by atoms with Crippen LogP contribution in [0.5, 0.6) is 5.88 Å². The molecule has 1 heterocycles. The quantitative estimate of drug-likeness (QED) is 0.916. The summed E-state index contributed by atoms with van der Waals surface area (Å²) in [5, 5.41) is 3.16. The van der Waals surface area contributed by atoms with Crippen LogP contribution in [0.4, 0.5) is 11.6 Å². The standard InChI is InChI=1S/C13H14BrN3O2/c1-18-8-9-5-3-4-6-11(9)16-13-15-7-10(14)12(17-13)19-2/h3-7H,8H2,1-2H3,(H,15,16,17). The zero-order valence-electron chi connectivity index (χ0n) is 10.7. The summed E-state index contributed by atoms with van der Waals surface area (Å²) in [6, 6.07) is 7.84. The van der Waals surface area contributed by atoms with Crippen molar-refractivity contribution < 1.29 is 9.47 Å². The maximum absolute atomic E-state index is 5.16. The molecule has 0 aliphatic heterocycles. The fourth-order valence-electron chi connectivity index (χ4n) is 1.60. The molecule has 0 unspecified atom stereocenters. The Labute approximate surface area is 120 Å². The molecule has 0 aliphatic carbocycles. The summed E-state index contributed by atoms with van der Waals surface area (Å²) in [6.07, 6.45) is 1.65. The fourth-order valence-corrected chi connectivity index (χ4v) is 1.95. The molecule has 0 aliphatic rings. The van der Waals surface area contributed by atoms with Gasteiger partial charge in [-0.05, 0) is 22.0 Å². The van der Waals surface area contributed by atoms with Gasteiger partial charge in [0.1, 0.15) is 0 Å². The van der Waals surface area contributed by atoms with E-state index in [1.807, 2.05) is 24.3 Å². The van der Waals surface area contributed by atoms with Crippen molar-refractivity contribution in [3.05, 3.63) is 40.5 Å². The zero-order chi connectivity index (χ0) is 13.7. The first kappa shape index (κ1) is 13.8. The molecule has 0 spiro atoms. The molecule has 1 aromatic carbocycles. The average molecular weight is 324 g/mol. The van der Waals surface area contributed by atoms with Crippen molar-refractivity contribution in [2.75, 3.05) is 19.5 Å². The van der Waals surface area contributed by atoms with Crippen molar-refractivity contribution in [1.82, 2.24) is 9.97 Å². The third-order valence-corrected chi connectivity index (χ3v) is 3.01. The number of nitrogens with zero attached hydrogens (tertiary/aromatic N) is 2. The third kappa shape index (κ3) is 3.42. The van der Waals surface area contributed by atoms with E-state index in [0.717, 1.165) is 11.3 Å². The molecule has 1 aromatic heterocycles. The lowest BCUT2D eigenvalue weighted by Gasteiger charge is -2.11. The van der Waals surface area contributed by atoms with Crippen molar-refractivity contribution in [3.8, 4) is 5.88 Å². The number of para-hydroxylation sites is 1. The van der Waals surface area contributed by atoms with Crippen LogP contribution in [-0.4, -0.2) is 24.2 Å². The van der Waals surface area contributed by atoms with Crippen LogP contribution in [0.1, 0.15) is 5.56 Å². The first-order chi connectivity index (χ1) is 9.24. The van der Waals surface area contributed by atoms with Gasteiger partial charge in [-0.25, -0.2) is 4.98 Å². The van der Waals surface area contributed by atoms with Crippen molar-refractivity contribution in [3.63, 3.8) is 0 Å². The molecule has 0 atom stereocenters. The van der Waals surface area contributed by atoms with Gasteiger partial charge in [0.15, 0.2) is 0 Å². The van der Waals surface area contributed by atoms with Gasteiger partial charge in [-0.15, -0.1) is 0 Å². The normalized spacial score (nSPS) is 10.3. The maximum Gasteiger partial charge on any atom is 0.232 e. The molecular formula is C13H14BrN3O2. The second kappa shape index (κ2) is 6.49. The lowest BCUT2D eigenvalue weighted by atomic mass is 10.2. The Balaban J connectivity index is 2.26. The largest absolute Gasteiger partial charge is 0.480 e. The monoisotopic (exact) mass is 323 g/mol. The number of nitrogens with one attached hydrogen (secondary N) is 1. The summed E-state index contributed by atoms with van der Waals surface area (Å²) in [6.45, 7) is 0.525. The van der Waals surface area contributed by atoms with Gasteiger partial charge in [0.2, 0.25) is 11.8 Å². The summed E-state index contributed by atoms with van der Waals surface area (Å²) in [5.41, 5.74) is 1.95. The number of halogens is 1. The number of hydrogen-bond acceptors (Lipinski definition) is 5. The van der Waals surface area contributed by atoms with E-state index in [1.54, 1.807) is 20.4 Å². The molecule has 2 aromatic rings. The molecule has 0 amide bonds. The Morgan fingerprint density at radius 1 is 1.26 bits per heavy atom. The van der Waals surface area contributed by atoms with Crippen LogP contribution in [0.3, 0.4) is 0 Å². The molecular weight excluding hydrogens is 310 g/mol. The minimum absolute atomic E-state index is 0.476. The first-order valence-corrected chi connectivity index (χ1v) is 6.44. The highest BCUT2D eigenvalue weighted by atomic mass is 79.9. The second-order valence-corrected chi connectivity index (χ2v) is 4.62. The van der Waals surface area contributed by atoms with Gasteiger partial charge < -0.3 is 14.8 Å². The number of ether oxygens (including phenoxy) is 2. The van der Waals surface area contributed by atoms with E-state index < -0.39 is 0 Å². The Morgan fingerprint density at radius 3 is 2.79 bits per heavy atom. The van der Waals surface area contributed by atoms with Crippen LogP contribution in [0.15, 0.2) is 34.9 Å². The van der Waals surface area contributed by atoms with Gasteiger partial charge in [0, 0.05) is 18.4 Å². The van der Waals surface area contributed by atoms with Gasteiger partial charge >= 0.3 is 0 Å². The van der Waals surface area contributed by atoms with E-state index in [9.17, 15) is 0 Å². The van der Waals surface area contributed by atoms with Crippen LogP contribution in [-0.2, 0) is 11.3 Å². The number of benzene rings is 1. The van der Waals surface area contributed by atoms with Crippen LogP contribution in [0, 0.1) is 0 Å². The summed E-state index contributed by atoms with van der Waals surface area (Å²) < 4.78 is 11.0. The minimum Gasteiger partial charge on any atom is -0.480 e. The van der Waals surface area contributed by atoms with Gasteiger partial charge in [-0.3, -0.25) is 0 Å². The average Bonchev–Trinajstić information content (AvgIpc) is 2.43. The zero-order valence-corrected chi connectivity index (χ0v) is 12.3. The summed E-state index contributed by atoms with van der Waals surface area (Å²) >= 11 is 3.32. The number of rotatable bonds is 5. The predicted octanol–water partition coefficient (Wildman–Crippen LogP) is 3.14. The molecule has 1 N–H and O–H groups in total. The number of anilines is 2. The summed E-state index contributed by atoms with van der Waals surface area (Å²) in [7, 11) is 3.23. The molecule has 6 heteroatoms. The van der Waals surface area contributed by atoms with Crippen molar-refractivity contribution >= 4 is 27.6 Å². The Hall–Kier alpha value is -1.66. The van der Waals surface area contributed by atoms with Gasteiger partial charge in [-0.1, -0.05) is 18.2 Å². The van der Waals surface area contributed by atoms with Gasteiger partial charge in [0.25, 0.3) is 0 Å². The number of aromatic nitrogens is 2. The molecule has 0 saturated heterocycles. The predicted molar refractivity (Wildman–Crippen MR) is 76.7 cm³/mol. The summed E-state index contributed by atoms with van der Waals surface area (Å²) in [4.78, 5) is 8.45. The van der Waals surface area contributed by atoms with Crippen LogP contribution >= 0.6 is 15.9 Å². The molecule has 19 heavy (non-hydrogen) atoms. The van der Waals surface area contributed by atoms with Crippen LogP contribution in [0.2, 0.25) is 0 Å². The highest BCUT2D eigenvalue weighted by molar-refractivity contribution is 9.10. The molecule has 0 fully saturated rings. The topological polar surface area (TPSA) is 56.3 Å². The Morgan fingerprint density at radius 2 is 2.05 bits per heavy atom. The molecule has 100 valence electrons. The lowest BCUT2D eigenvalue weighted by Crippen LogP contribution is -2.02. The SMILES string of the molecule is COCc1ccccc1Nc1ncc(Br)c(OC)n1. The van der Waals surface area contributed by atoms with Crippen molar-refractivity contribution in [2.45, 2.75) is 6.61 Å². The van der Waals surface area contributed by atoms with E-state index in [-0.39, 0.29) is 0 Å². The molecule has 0 bridgehead atoms. The molecule has 2 rings (SSSR count). The van der Waals surface area contributed by atoms with E-state index in [2.05, 4.69) is 31.2 Å². The fraction of sp³-hybridized carbons (Fsp3) is 0.231. The van der Waals surface area contributed by atoms with Crippen LogP contribution in [0.25, 0.3) is 0 Å². The smallest absolute Gasteiger partial charge is 0.232 e. The van der Waals surface area contributed by atoms with E-state index in [4.69, 9.17) is 9.47 Å². The van der Waals surface area contributed by atoms with Gasteiger partial charge in [-0.2, -0.15) is 4.98 Å². The Bertz CT molecular complexity index is 563. The highest BCUT2D eigenvalue weighted by Gasteiger charge is 2.07. The highest BCUT2D eigenvalue weighted by Crippen LogP contribution is 2.24. The van der Waals surface area contributed by atoms with E-state index >= 15 is 0 Å². The Kier molecular flexibility index (Phi) is 4.70. The van der Waals surface area contributed by atoms with Gasteiger partial charge in [0.05, 0.1) is 24.4 Å². The minimum atomic E-state index is 0.476. The molecule has 5 nitrogen and oxygen atoms in total. The first-order valence-electron chi connectivity index (χ1n) is 5.65. The number of hydrogen-bond donors (Lipinski definition) is 1. The van der Waals surface area contributed by atoms with Crippen LogP contribution < -0.4 is 10.1 Å².